The topological polar surface area (TPSA) is 50.9 Å². The van der Waals surface area contributed by atoms with Gasteiger partial charge in [0.25, 0.3) is 0 Å². The van der Waals surface area contributed by atoms with Gasteiger partial charge >= 0.3 is 6.18 Å². The largest absolute Gasteiger partial charge is 0.416 e. The smallest absolute Gasteiger partial charge is 0.382 e. The number of halogens is 4. The second-order valence-electron chi connectivity index (χ2n) is 3.85. The molecule has 1 atom stereocenters. The van der Waals surface area contributed by atoms with Crippen LogP contribution in [0, 0.1) is 0 Å². The number of aromatic nitrogens is 3. The van der Waals surface area contributed by atoms with Crippen LogP contribution in [0.3, 0.4) is 0 Å². The maximum Gasteiger partial charge on any atom is 0.416 e. The highest BCUT2D eigenvalue weighted by molar-refractivity contribution is 9.10. The summed E-state index contributed by atoms with van der Waals surface area (Å²) in [7, 11) is 0. The fourth-order valence-corrected chi connectivity index (χ4v) is 1.91. The minimum absolute atomic E-state index is 0.317. The Hall–Kier alpha value is -1.41. The first-order valence-corrected chi connectivity index (χ1v) is 6.04. The van der Waals surface area contributed by atoms with Crippen LogP contribution in [0.2, 0.25) is 0 Å². The summed E-state index contributed by atoms with van der Waals surface area (Å²) in [6, 6.07) is 1.69. The van der Waals surface area contributed by atoms with Crippen molar-refractivity contribution < 1.29 is 18.3 Å². The van der Waals surface area contributed by atoms with E-state index in [9.17, 15) is 13.2 Å². The van der Waals surface area contributed by atoms with Crippen molar-refractivity contribution in [1.29, 1.82) is 0 Å². The van der Waals surface area contributed by atoms with Gasteiger partial charge in [-0.05, 0) is 22.0 Å². The Morgan fingerprint density at radius 3 is 2.74 bits per heavy atom. The molecule has 0 amide bonds. The minimum atomic E-state index is -4.66. The minimum Gasteiger partial charge on any atom is -0.382 e. The van der Waals surface area contributed by atoms with Gasteiger partial charge in [-0.25, -0.2) is 4.98 Å². The van der Waals surface area contributed by atoms with Crippen LogP contribution in [0.25, 0.3) is 11.4 Å². The molecule has 2 aromatic rings. The highest BCUT2D eigenvalue weighted by Crippen LogP contribution is 2.24. The molecule has 1 N–H and O–H groups in total. The van der Waals surface area contributed by atoms with Crippen molar-refractivity contribution in [3.8, 4) is 11.4 Å². The van der Waals surface area contributed by atoms with Crippen LogP contribution in [0.1, 0.15) is 0 Å². The molecule has 0 aliphatic heterocycles. The Kier molecular flexibility index (Phi) is 3.91. The summed E-state index contributed by atoms with van der Waals surface area (Å²) < 4.78 is 38.9. The van der Waals surface area contributed by atoms with Gasteiger partial charge in [0.2, 0.25) is 0 Å². The number of alkyl halides is 3. The van der Waals surface area contributed by atoms with Crippen LogP contribution >= 0.6 is 15.9 Å². The first-order chi connectivity index (χ1) is 8.88. The standard InChI is InChI=1S/C11H9BrF3N3O/c12-8-3-7(4-16-5-8)10-17-1-2-18(10)6-9(19)11(13,14)15/h1-5,9,19H,6H2/t9-/m0/s1. The molecular weight excluding hydrogens is 327 g/mol. The van der Waals surface area contributed by atoms with Gasteiger partial charge in [-0.2, -0.15) is 13.2 Å². The third kappa shape index (κ3) is 3.32. The SMILES string of the molecule is O[C@@H](Cn1ccnc1-c1cncc(Br)c1)C(F)(F)F. The molecule has 102 valence electrons. The first kappa shape index (κ1) is 14.0. The zero-order valence-electron chi connectivity index (χ0n) is 9.47. The molecule has 2 aromatic heterocycles. The predicted molar refractivity (Wildman–Crippen MR) is 65.2 cm³/mol. The highest BCUT2D eigenvalue weighted by Gasteiger charge is 2.38. The Labute approximate surface area is 115 Å². The molecular formula is C11H9BrF3N3O. The predicted octanol–water partition coefficient (Wildman–Crippen LogP) is 2.63. The molecule has 0 aliphatic carbocycles. The van der Waals surface area contributed by atoms with E-state index in [0.717, 1.165) is 0 Å². The van der Waals surface area contributed by atoms with Crippen LogP contribution in [0.5, 0.6) is 0 Å². The molecule has 0 radical (unpaired) electrons. The molecule has 4 nitrogen and oxygen atoms in total. The lowest BCUT2D eigenvalue weighted by Crippen LogP contribution is -2.32. The van der Waals surface area contributed by atoms with Crippen molar-refractivity contribution in [2.45, 2.75) is 18.8 Å². The van der Waals surface area contributed by atoms with Gasteiger partial charge in [0, 0.05) is 34.8 Å². The second-order valence-corrected chi connectivity index (χ2v) is 4.77. The summed E-state index contributed by atoms with van der Waals surface area (Å²) >= 11 is 3.23. The van der Waals surface area contributed by atoms with Crippen molar-refractivity contribution >= 4 is 15.9 Å². The van der Waals surface area contributed by atoms with Gasteiger partial charge in [-0.1, -0.05) is 0 Å². The average molecular weight is 336 g/mol. The second kappa shape index (κ2) is 5.30. The van der Waals surface area contributed by atoms with Crippen LogP contribution in [0.4, 0.5) is 13.2 Å². The van der Waals surface area contributed by atoms with Crippen molar-refractivity contribution in [2.75, 3.05) is 0 Å². The molecule has 0 bridgehead atoms. The van der Waals surface area contributed by atoms with Crippen molar-refractivity contribution in [2.24, 2.45) is 0 Å². The Morgan fingerprint density at radius 2 is 2.11 bits per heavy atom. The van der Waals surface area contributed by atoms with Gasteiger partial charge in [0.15, 0.2) is 6.10 Å². The highest BCUT2D eigenvalue weighted by atomic mass is 79.9. The quantitative estimate of drug-likeness (QED) is 0.938. The van der Waals surface area contributed by atoms with E-state index in [4.69, 9.17) is 5.11 Å². The number of nitrogens with zero attached hydrogens (tertiary/aromatic N) is 3. The number of hydrogen-bond donors (Lipinski definition) is 1. The number of hydrogen-bond acceptors (Lipinski definition) is 3. The first-order valence-electron chi connectivity index (χ1n) is 5.25. The van der Waals surface area contributed by atoms with Gasteiger partial charge in [0.1, 0.15) is 5.82 Å². The molecule has 2 rings (SSSR count). The summed E-state index contributed by atoms with van der Waals surface area (Å²) in [6.45, 7) is -0.606. The van der Waals surface area contributed by atoms with Crippen LogP contribution < -0.4 is 0 Å². The summed E-state index contributed by atoms with van der Waals surface area (Å²) in [5.74, 6) is 0.317. The van der Waals surface area contributed by atoms with E-state index in [1.54, 1.807) is 12.3 Å². The molecule has 0 saturated carbocycles. The molecule has 0 spiro atoms. The number of aliphatic hydroxyl groups is 1. The van der Waals surface area contributed by atoms with E-state index >= 15 is 0 Å². The van der Waals surface area contributed by atoms with Crippen molar-refractivity contribution in [1.82, 2.24) is 14.5 Å². The molecule has 0 saturated heterocycles. The maximum absolute atomic E-state index is 12.3. The third-order valence-corrected chi connectivity index (χ3v) is 2.86. The summed E-state index contributed by atoms with van der Waals surface area (Å²) in [6.07, 6.45) is -1.28. The lowest BCUT2D eigenvalue weighted by atomic mass is 10.2. The molecule has 0 fully saturated rings. The monoisotopic (exact) mass is 335 g/mol. The van der Waals surface area contributed by atoms with Gasteiger partial charge in [0.05, 0.1) is 6.54 Å². The summed E-state index contributed by atoms with van der Waals surface area (Å²) in [5, 5.41) is 9.08. The average Bonchev–Trinajstić information content (AvgIpc) is 2.76. The molecule has 0 aliphatic rings. The number of imidazole rings is 1. The normalized spacial score (nSPS) is 13.5. The Bertz CT molecular complexity index is 570. The molecule has 0 aromatic carbocycles. The van der Waals surface area contributed by atoms with E-state index in [1.807, 2.05) is 0 Å². The molecule has 19 heavy (non-hydrogen) atoms. The van der Waals surface area contributed by atoms with E-state index < -0.39 is 18.8 Å². The van der Waals surface area contributed by atoms with E-state index in [0.29, 0.717) is 15.9 Å². The fraction of sp³-hybridized carbons (Fsp3) is 0.273. The van der Waals surface area contributed by atoms with E-state index in [-0.39, 0.29) is 0 Å². The van der Waals surface area contributed by atoms with Crippen molar-refractivity contribution in [3.05, 3.63) is 35.3 Å². The maximum atomic E-state index is 12.3. The molecule has 0 unspecified atom stereocenters. The summed E-state index contributed by atoms with van der Waals surface area (Å²) in [5.41, 5.74) is 0.564. The van der Waals surface area contributed by atoms with Gasteiger partial charge in [-0.15, -0.1) is 0 Å². The number of rotatable bonds is 3. The number of pyridine rings is 1. The fourth-order valence-electron chi connectivity index (χ4n) is 1.54. The Morgan fingerprint density at radius 1 is 1.37 bits per heavy atom. The zero-order valence-corrected chi connectivity index (χ0v) is 11.1. The Balaban J connectivity index is 2.28. The zero-order chi connectivity index (χ0) is 14.0. The lowest BCUT2D eigenvalue weighted by molar-refractivity contribution is -0.207. The van der Waals surface area contributed by atoms with Crippen LogP contribution in [0.15, 0.2) is 35.3 Å². The third-order valence-electron chi connectivity index (χ3n) is 2.43. The molecule has 2 heterocycles. The van der Waals surface area contributed by atoms with Gasteiger partial charge in [-0.3, -0.25) is 4.98 Å². The van der Waals surface area contributed by atoms with E-state index in [1.165, 1.54) is 23.2 Å². The van der Waals surface area contributed by atoms with E-state index in [2.05, 4.69) is 25.9 Å². The molecule has 8 heteroatoms. The summed E-state index contributed by atoms with van der Waals surface area (Å²) in [4.78, 5) is 7.91. The van der Waals surface area contributed by atoms with Gasteiger partial charge < -0.3 is 9.67 Å². The van der Waals surface area contributed by atoms with Crippen molar-refractivity contribution in [3.63, 3.8) is 0 Å². The number of aliphatic hydroxyl groups excluding tert-OH is 1. The van der Waals surface area contributed by atoms with Crippen LogP contribution in [-0.2, 0) is 6.54 Å². The lowest BCUT2D eigenvalue weighted by Gasteiger charge is -2.16. The van der Waals surface area contributed by atoms with Crippen LogP contribution in [-0.4, -0.2) is 31.9 Å².